The first-order valence-electron chi connectivity index (χ1n) is 5.53. The molecule has 0 heterocycles. The molecule has 0 aliphatic rings. The molecule has 0 fully saturated rings. The number of hydrogen-bond acceptors (Lipinski definition) is 3. The standard InChI is InChI=1S/C13H14N2O4/c1-2-8-14-11(16)10(15-12(17)13(18)19)9-6-4-3-5-7-9/h2-7,10H,1,8H2,(H,14,16)(H,15,17)(H,18,19)/t10-/m1/s1. The number of carboxylic acids is 1. The molecule has 0 saturated heterocycles. The third-order valence-electron chi connectivity index (χ3n) is 2.29. The third kappa shape index (κ3) is 4.27. The highest BCUT2D eigenvalue weighted by atomic mass is 16.4. The summed E-state index contributed by atoms with van der Waals surface area (Å²) in [6, 6.07) is 7.33. The van der Waals surface area contributed by atoms with Gasteiger partial charge in [-0.25, -0.2) is 4.79 Å². The van der Waals surface area contributed by atoms with Crippen molar-refractivity contribution in [2.24, 2.45) is 0 Å². The summed E-state index contributed by atoms with van der Waals surface area (Å²) in [6.07, 6.45) is 1.49. The highest BCUT2D eigenvalue weighted by Gasteiger charge is 2.24. The largest absolute Gasteiger partial charge is 0.474 e. The van der Waals surface area contributed by atoms with Crippen molar-refractivity contribution >= 4 is 17.8 Å². The molecule has 0 unspecified atom stereocenters. The van der Waals surface area contributed by atoms with Gasteiger partial charge in [-0.3, -0.25) is 9.59 Å². The second-order valence-corrected chi connectivity index (χ2v) is 3.66. The Kier molecular flexibility index (Phi) is 5.28. The van der Waals surface area contributed by atoms with Crippen molar-refractivity contribution in [2.75, 3.05) is 6.54 Å². The Labute approximate surface area is 110 Å². The van der Waals surface area contributed by atoms with Gasteiger partial charge in [-0.15, -0.1) is 6.58 Å². The van der Waals surface area contributed by atoms with Crippen LogP contribution in [-0.2, 0) is 14.4 Å². The van der Waals surface area contributed by atoms with Gasteiger partial charge in [0.05, 0.1) is 0 Å². The number of rotatable bonds is 5. The van der Waals surface area contributed by atoms with Crippen molar-refractivity contribution in [2.45, 2.75) is 6.04 Å². The quantitative estimate of drug-likeness (QED) is 0.523. The first-order valence-corrected chi connectivity index (χ1v) is 5.53. The summed E-state index contributed by atoms with van der Waals surface area (Å²) in [7, 11) is 0. The second kappa shape index (κ2) is 6.95. The van der Waals surface area contributed by atoms with Crippen LogP contribution in [0.1, 0.15) is 11.6 Å². The zero-order chi connectivity index (χ0) is 14.3. The van der Waals surface area contributed by atoms with E-state index in [2.05, 4.69) is 17.2 Å². The molecule has 0 saturated carbocycles. The van der Waals surface area contributed by atoms with Gasteiger partial charge in [0.1, 0.15) is 6.04 Å². The molecule has 0 spiro atoms. The Hall–Kier alpha value is -2.63. The third-order valence-corrected chi connectivity index (χ3v) is 2.29. The van der Waals surface area contributed by atoms with Gasteiger partial charge in [0.2, 0.25) is 5.91 Å². The summed E-state index contributed by atoms with van der Waals surface area (Å²) in [5, 5.41) is 13.2. The van der Waals surface area contributed by atoms with E-state index in [0.717, 1.165) is 0 Å². The highest BCUT2D eigenvalue weighted by molar-refractivity contribution is 6.32. The molecular weight excluding hydrogens is 248 g/mol. The van der Waals surface area contributed by atoms with Crippen LogP contribution in [0.15, 0.2) is 43.0 Å². The van der Waals surface area contributed by atoms with Gasteiger partial charge in [-0.05, 0) is 5.56 Å². The lowest BCUT2D eigenvalue weighted by molar-refractivity contribution is -0.151. The maximum absolute atomic E-state index is 11.9. The smallest absolute Gasteiger partial charge is 0.394 e. The van der Waals surface area contributed by atoms with Crippen LogP contribution in [0, 0.1) is 0 Å². The molecule has 0 aromatic heterocycles. The first kappa shape index (κ1) is 14.4. The summed E-state index contributed by atoms with van der Waals surface area (Å²) in [4.78, 5) is 33.6. The lowest BCUT2D eigenvalue weighted by Gasteiger charge is -2.17. The Bertz CT molecular complexity index is 485. The number of carbonyl (C=O) groups excluding carboxylic acids is 2. The van der Waals surface area contributed by atoms with Gasteiger partial charge in [0.25, 0.3) is 0 Å². The van der Waals surface area contributed by atoms with Crippen LogP contribution >= 0.6 is 0 Å². The van der Waals surface area contributed by atoms with Crippen LogP contribution in [0.2, 0.25) is 0 Å². The van der Waals surface area contributed by atoms with Gasteiger partial charge in [0.15, 0.2) is 0 Å². The van der Waals surface area contributed by atoms with Gasteiger partial charge < -0.3 is 15.7 Å². The first-order chi connectivity index (χ1) is 9.06. The fraction of sp³-hybridized carbons (Fsp3) is 0.154. The van der Waals surface area contributed by atoms with E-state index in [4.69, 9.17) is 5.11 Å². The van der Waals surface area contributed by atoms with Gasteiger partial charge in [-0.1, -0.05) is 36.4 Å². The fourth-order valence-electron chi connectivity index (χ4n) is 1.41. The van der Waals surface area contributed by atoms with E-state index in [1.165, 1.54) is 6.08 Å². The summed E-state index contributed by atoms with van der Waals surface area (Å²) < 4.78 is 0. The zero-order valence-electron chi connectivity index (χ0n) is 10.1. The number of hydrogen-bond donors (Lipinski definition) is 3. The SMILES string of the molecule is C=CCNC(=O)[C@H](NC(=O)C(=O)O)c1ccccc1. The van der Waals surface area contributed by atoms with Gasteiger partial charge in [-0.2, -0.15) is 0 Å². The Morgan fingerprint density at radius 1 is 1.26 bits per heavy atom. The van der Waals surface area contributed by atoms with Gasteiger partial charge in [0, 0.05) is 6.54 Å². The van der Waals surface area contributed by atoms with E-state index in [1.807, 2.05) is 0 Å². The van der Waals surface area contributed by atoms with E-state index in [-0.39, 0.29) is 6.54 Å². The topological polar surface area (TPSA) is 95.5 Å². The lowest BCUT2D eigenvalue weighted by atomic mass is 10.1. The van der Waals surface area contributed by atoms with Crippen LogP contribution in [0.4, 0.5) is 0 Å². The normalized spacial score (nSPS) is 11.2. The molecule has 0 aliphatic heterocycles. The van der Waals surface area contributed by atoms with Crippen LogP contribution < -0.4 is 10.6 Å². The van der Waals surface area contributed by atoms with Crippen LogP contribution in [0.3, 0.4) is 0 Å². The summed E-state index contributed by atoms with van der Waals surface area (Å²) in [5.74, 6) is -3.37. The Morgan fingerprint density at radius 2 is 1.89 bits per heavy atom. The maximum Gasteiger partial charge on any atom is 0.394 e. The van der Waals surface area contributed by atoms with Gasteiger partial charge >= 0.3 is 11.9 Å². The lowest BCUT2D eigenvalue weighted by Crippen LogP contribution is -2.42. The molecule has 1 aromatic rings. The van der Waals surface area contributed by atoms with Crippen molar-refractivity contribution in [3.8, 4) is 0 Å². The molecule has 2 amide bonds. The summed E-state index contributed by atoms with van der Waals surface area (Å²) >= 11 is 0. The molecule has 0 aliphatic carbocycles. The monoisotopic (exact) mass is 262 g/mol. The molecular formula is C13H14N2O4. The van der Waals surface area contributed by atoms with E-state index < -0.39 is 23.8 Å². The average Bonchev–Trinajstić information content (AvgIpc) is 2.42. The van der Waals surface area contributed by atoms with E-state index in [0.29, 0.717) is 5.56 Å². The van der Waals surface area contributed by atoms with E-state index in [9.17, 15) is 14.4 Å². The van der Waals surface area contributed by atoms with Crippen molar-refractivity contribution in [3.63, 3.8) is 0 Å². The number of benzene rings is 1. The molecule has 19 heavy (non-hydrogen) atoms. The predicted molar refractivity (Wildman–Crippen MR) is 68.2 cm³/mol. The maximum atomic E-state index is 11.9. The Balaban J connectivity index is 2.91. The second-order valence-electron chi connectivity index (χ2n) is 3.66. The Morgan fingerprint density at radius 3 is 2.42 bits per heavy atom. The van der Waals surface area contributed by atoms with Crippen LogP contribution in [0.25, 0.3) is 0 Å². The van der Waals surface area contributed by atoms with Crippen molar-refractivity contribution in [3.05, 3.63) is 48.6 Å². The van der Waals surface area contributed by atoms with E-state index in [1.54, 1.807) is 30.3 Å². The summed E-state index contributed by atoms with van der Waals surface area (Å²) in [6.45, 7) is 3.68. The predicted octanol–water partition coefficient (Wildman–Crippen LogP) is 0.231. The van der Waals surface area contributed by atoms with Crippen molar-refractivity contribution in [1.29, 1.82) is 0 Å². The number of amides is 2. The minimum absolute atomic E-state index is 0.227. The average molecular weight is 262 g/mol. The molecule has 100 valence electrons. The molecule has 6 nitrogen and oxygen atoms in total. The zero-order valence-corrected chi connectivity index (χ0v) is 10.1. The molecule has 1 aromatic carbocycles. The van der Waals surface area contributed by atoms with Crippen molar-refractivity contribution in [1.82, 2.24) is 10.6 Å². The minimum atomic E-state index is -1.64. The van der Waals surface area contributed by atoms with Crippen LogP contribution in [0.5, 0.6) is 0 Å². The molecule has 0 radical (unpaired) electrons. The number of nitrogens with one attached hydrogen (secondary N) is 2. The minimum Gasteiger partial charge on any atom is -0.474 e. The summed E-state index contributed by atoms with van der Waals surface area (Å²) in [5.41, 5.74) is 0.499. The van der Waals surface area contributed by atoms with Crippen molar-refractivity contribution < 1.29 is 19.5 Å². The van der Waals surface area contributed by atoms with E-state index >= 15 is 0 Å². The number of aliphatic carboxylic acids is 1. The molecule has 1 rings (SSSR count). The fourth-order valence-corrected chi connectivity index (χ4v) is 1.41. The number of carboxylic acid groups (broad SMARTS) is 1. The molecule has 1 atom stereocenters. The molecule has 6 heteroatoms. The molecule has 3 N–H and O–H groups in total. The van der Waals surface area contributed by atoms with Crippen LogP contribution in [-0.4, -0.2) is 29.4 Å². The molecule has 0 bridgehead atoms. The highest BCUT2D eigenvalue weighted by Crippen LogP contribution is 2.12. The number of carbonyl (C=O) groups is 3.